The molecule has 3 heterocycles. The number of thiophene rings is 1. The zero-order valence-electron chi connectivity index (χ0n) is 11.8. The summed E-state index contributed by atoms with van der Waals surface area (Å²) >= 11 is 3.01. The first kappa shape index (κ1) is 14.7. The number of hydrogen-bond acceptors (Lipinski definition) is 5. The number of nitrogens with zero attached hydrogens (tertiary/aromatic N) is 2. The molecular weight excluding hydrogens is 302 g/mol. The fraction of sp³-hybridized carbons (Fsp3) is 0.467. The molecule has 1 amide bonds. The molecule has 1 N–H and O–H groups in total. The van der Waals surface area contributed by atoms with Crippen molar-refractivity contribution in [1.29, 1.82) is 0 Å². The molecule has 0 unspecified atom stereocenters. The first-order chi connectivity index (χ1) is 10.3. The average molecular weight is 321 g/mol. The van der Waals surface area contributed by atoms with Crippen LogP contribution in [0.5, 0.6) is 0 Å². The number of hydrogen-bond donors (Lipinski definition) is 1. The Morgan fingerprint density at radius 1 is 1.38 bits per heavy atom. The first-order valence-corrected chi connectivity index (χ1v) is 8.95. The molecule has 21 heavy (non-hydrogen) atoms. The van der Waals surface area contributed by atoms with Crippen molar-refractivity contribution >= 4 is 28.8 Å². The van der Waals surface area contributed by atoms with E-state index in [1.807, 2.05) is 0 Å². The van der Waals surface area contributed by atoms with E-state index in [0.29, 0.717) is 10.8 Å². The van der Waals surface area contributed by atoms with E-state index in [0.717, 1.165) is 39.0 Å². The molecule has 1 aliphatic heterocycles. The first-order valence-electron chi connectivity index (χ1n) is 7.23. The van der Waals surface area contributed by atoms with Crippen molar-refractivity contribution in [2.45, 2.75) is 19.4 Å². The van der Waals surface area contributed by atoms with E-state index >= 15 is 0 Å². The third-order valence-electron chi connectivity index (χ3n) is 3.91. The normalized spacial score (nSPS) is 17.0. The largest absolute Gasteiger partial charge is 0.351 e. The smallest absolute Gasteiger partial charge is 0.262 e. The third-order valence-corrected chi connectivity index (χ3v) is 5.38. The highest BCUT2D eigenvalue weighted by atomic mass is 32.1. The minimum absolute atomic E-state index is 0.0122. The van der Waals surface area contributed by atoms with Gasteiger partial charge in [0.2, 0.25) is 0 Å². The van der Waals surface area contributed by atoms with Gasteiger partial charge in [-0.15, -0.1) is 0 Å². The van der Waals surface area contributed by atoms with Crippen molar-refractivity contribution in [3.63, 3.8) is 0 Å². The molecule has 0 aromatic carbocycles. The molecule has 1 aliphatic rings. The van der Waals surface area contributed by atoms with Gasteiger partial charge in [-0.2, -0.15) is 11.3 Å². The van der Waals surface area contributed by atoms with Crippen molar-refractivity contribution in [1.82, 2.24) is 14.6 Å². The van der Waals surface area contributed by atoms with E-state index in [2.05, 4.69) is 31.4 Å². The lowest BCUT2D eigenvalue weighted by Gasteiger charge is -2.31. The predicted molar refractivity (Wildman–Crippen MR) is 86.8 cm³/mol. The van der Waals surface area contributed by atoms with E-state index in [4.69, 9.17) is 0 Å². The number of amides is 1. The Morgan fingerprint density at radius 2 is 2.24 bits per heavy atom. The average Bonchev–Trinajstić information content (AvgIpc) is 3.19. The van der Waals surface area contributed by atoms with Crippen molar-refractivity contribution in [3.8, 4) is 0 Å². The fourth-order valence-corrected chi connectivity index (χ4v) is 3.82. The van der Waals surface area contributed by atoms with Crippen LogP contribution in [0.3, 0.4) is 0 Å². The summed E-state index contributed by atoms with van der Waals surface area (Å²) in [7, 11) is 0. The van der Waals surface area contributed by atoms with Crippen LogP contribution in [-0.2, 0) is 6.54 Å². The lowest BCUT2D eigenvalue weighted by molar-refractivity contribution is 0.0939. The van der Waals surface area contributed by atoms with Crippen molar-refractivity contribution in [3.05, 3.63) is 39.5 Å². The van der Waals surface area contributed by atoms with Crippen LogP contribution in [0.2, 0.25) is 0 Å². The summed E-state index contributed by atoms with van der Waals surface area (Å²) in [6, 6.07) is 3.97. The van der Waals surface area contributed by atoms with Crippen LogP contribution in [0.1, 0.15) is 28.1 Å². The van der Waals surface area contributed by atoms with Crippen molar-refractivity contribution in [2.75, 3.05) is 19.6 Å². The Morgan fingerprint density at radius 3 is 2.90 bits per heavy atom. The molecule has 4 nitrogen and oxygen atoms in total. The van der Waals surface area contributed by atoms with Gasteiger partial charge in [0, 0.05) is 19.3 Å². The van der Waals surface area contributed by atoms with Crippen LogP contribution < -0.4 is 5.32 Å². The summed E-state index contributed by atoms with van der Waals surface area (Å²) in [6.07, 6.45) is 3.99. The van der Waals surface area contributed by atoms with Gasteiger partial charge in [-0.25, -0.2) is 4.37 Å². The van der Waals surface area contributed by atoms with Crippen LogP contribution >= 0.6 is 22.9 Å². The van der Waals surface area contributed by atoms with Crippen molar-refractivity contribution < 1.29 is 4.79 Å². The molecule has 0 aliphatic carbocycles. The second-order valence-electron chi connectivity index (χ2n) is 5.44. The van der Waals surface area contributed by atoms with E-state index in [-0.39, 0.29) is 5.91 Å². The topological polar surface area (TPSA) is 45.2 Å². The maximum atomic E-state index is 11.9. The van der Waals surface area contributed by atoms with Gasteiger partial charge >= 0.3 is 0 Å². The van der Waals surface area contributed by atoms with Gasteiger partial charge in [0.25, 0.3) is 5.91 Å². The molecule has 0 spiro atoms. The highest BCUT2D eigenvalue weighted by Crippen LogP contribution is 2.19. The molecule has 2 aromatic heterocycles. The molecular formula is C15H19N3OS2. The Labute approximate surface area is 133 Å². The summed E-state index contributed by atoms with van der Waals surface area (Å²) < 4.78 is 3.96. The number of nitrogens with one attached hydrogen (secondary N) is 1. The van der Waals surface area contributed by atoms with Crippen LogP contribution in [0, 0.1) is 5.92 Å². The zero-order valence-corrected chi connectivity index (χ0v) is 13.5. The van der Waals surface area contributed by atoms with E-state index in [1.165, 1.54) is 17.1 Å². The monoisotopic (exact) mass is 321 g/mol. The lowest BCUT2D eigenvalue weighted by atomic mass is 9.96. The molecule has 0 radical (unpaired) electrons. The van der Waals surface area contributed by atoms with E-state index < -0.39 is 0 Å². The molecule has 2 aromatic rings. The molecule has 1 fully saturated rings. The van der Waals surface area contributed by atoms with Gasteiger partial charge in [-0.3, -0.25) is 9.69 Å². The van der Waals surface area contributed by atoms with Gasteiger partial charge in [0.15, 0.2) is 0 Å². The second kappa shape index (κ2) is 7.15. The van der Waals surface area contributed by atoms with Crippen LogP contribution in [0.4, 0.5) is 0 Å². The minimum atomic E-state index is 0.0122. The number of likely N-dealkylation sites (tertiary alicyclic amines) is 1. The van der Waals surface area contributed by atoms with Gasteiger partial charge in [-0.1, -0.05) is 0 Å². The number of piperidine rings is 1. The number of rotatable bonds is 5. The van der Waals surface area contributed by atoms with E-state index in [1.54, 1.807) is 23.6 Å². The summed E-state index contributed by atoms with van der Waals surface area (Å²) in [5.74, 6) is 0.610. The van der Waals surface area contributed by atoms with Gasteiger partial charge in [0.05, 0.1) is 0 Å². The minimum Gasteiger partial charge on any atom is -0.351 e. The Bertz CT molecular complexity index is 546. The maximum absolute atomic E-state index is 11.9. The third kappa shape index (κ3) is 4.12. The van der Waals surface area contributed by atoms with Gasteiger partial charge < -0.3 is 5.32 Å². The Kier molecular flexibility index (Phi) is 5.00. The highest BCUT2D eigenvalue weighted by Gasteiger charge is 2.20. The number of aromatic nitrogens is 1. The SMILES string of the molecule is O=C(NCC1CCN(Cc2ccsc2)CC1)c1ccns1. The molecule has 6 heteroatoms. The Hall–Kier alpha value is -1.24. The summed E-state index contributed by atoms with van der Waals surface area (Å²) in [4.78, 5) is 15.1. The highest BCUT2D eigenvalue weighted by molar-refractivity contribution is 7.08. The number of carbonyl (C=O) groups is 1. The Balaban J connectivity index is 1.39. The number of carbonyl (C=O) groups excluding carboxylic acids is 1. The zero-order chi connectivity index (χ0) is 14.5. The molecule has 1 saturated heterocycles. The molecule has 112 valence electrons. The van der Waals surface area contributed by atoms with Crippen LogP contribution in [0.25, 0.3) is 0 Å². The summed E-state index contributed by atoms with van der Waals surface area (Å²) in [6.45, 7) is 4.08. The van der Waals surface area contributed by atoms with Crippen molar-refractivity contribution in [2.24, 2.45) is 5.92 Å². The predicted octanol–water partition coefficient (Wildman–Crippen LogP) is 2.85. The standard InChI is InChI=1S/C15H19N3OS2/c19-15(14-1-5-17-21-14)16-9-12-2-6-18(7-3-12)10-13-4-8-20-11-13/h1,4-5,8,11-12H,2-3,6-7,9-10H2,(H,16,19). The quantitative estimate of drug-likeness (QED) is 0.921. The lowest BCUT2D eigenvalue weighted by Crippen LogP contribution is -2.38. The van der Waals surface area contributed by atoms with Crippen LogP contribution in [0.15, 0.2) is 29.1 Å². The molecule has 0 atom stereocenters. The van der Waals surface area contributed by atoms with Gasteiger partial charge in [0.1, 0.15) is 4.88 Å². The second-order valence-corrected chi connectivity index (χ2v) is 7.05. The molecule has 0 bridgehead atoms. The van der Waals surface area contributed by atoms with Gasteiger partial charge in [-0.05, 0) is 71.8 Å². The summed E-state index contributed by atoms with van der Waals surface area (Å²) in [5.41, 5.74) is 1.41. The van der Waals surface area contributed by atoms with E-state index in [9.17, 15) is 4.79 Å². The molecule has 3 rings (SSSR count). The summed E-state index contributed by atoms with van der Waals surface area (Å²) in [5, 5.41) is 7.39. The van der Waals surface area contributed by atoms with Crippen LogP contribution in [-0.4, -0.2) is 34.8 Å². The fourth-order valence-electron chi connectivity index (χ4n) is 2.65. The maximum Gasteiger partial charge on any atom is 0.262 e. The molecule has 0 saturated carbocycles.